The van der Waals surface area contributed by atoms with Crippen molar-refractivity contribution in [2.75, 3.05) is 32.7 Å². The summed E-state index contributed by atoms with van der Waals surface area (Å²) in [6.45, 7) is 9.64. The number of oxazole rings is 1. The van der Waals surface area contributed by atoms with Crippen LogP contribution in [0, 0.1) is 6.92 Å². The zero-order chi connectivity index (χ0) is 22.8. The fraction of sp³-hybridized carbons (Fsp3) is 0.400. The number of aryl methyl sites for hydroxylation is 2. The third-order valence-electron chi connectivity index (χ3n) is 6.49. The second kappa shape index (κ2) is 9.33. The molecule has 1 aliphatic heterocycles. The molecule has 0 radical (unpaired) electrons. The van der Waals surface area contributed by atoms with Gasteiger partial charge in [-0.1, -0.05) is 47.1 Å². The third-order valence-corrected chi connectivity index (χ3v) is 6.49. The Morgan fingerprint density at radius 3 is 2.55 bits per heavy atom. The molecule has 0 N–H and O–H groups in total. The Hall–Kier alpha value is -3.23. The largest absolute Gasteiger partial charge is 0.419 e. The minimum atomic E-state index is -0.278. The van der Waals surface area contributed by atoms with Gasteiger partial charge in [-0.3, -0.25) is 9.47 Å². The van der Waals surface area contributed by atoms with Crippen molar-refractivity contribution in [1.29, 1.82) is 0 Å². The molecule has 2 aromatic carbocycles. The van der Waals surface area contributed by atoms with Crippen LogP contribution in [0.5, 0.6) is 0 Å². The van der Waals surface area contributed by atoms with Gasteiger partial charge in [0.05, 0.1) is 11.6 Å². The van der Waals surface area contributed by atoms with Crippen LogP contribution in [0.25, 0.3) is 22.5 Å². The van der Waals surface area contributed by atoms with Crippen molar-refractivity contribution in [1.82, 2.24) is 24.5 Å². The van der Waals surface area contributed by atoms with Crippen LogP contribution in [0.2, 0.25) is 0 Å². The molecule has 0 spiro atoms. The predicted molar refractivity (Wildman–Crippen MR) is 126 cm³/mol. The first-order valence-electron chi connectivity index (χ1n) is 11.5. The summed E-state index contributed by atoms with van der Waals surface area (Å²) in [6, 6.07) is 15.8. The van der Waals surface area contributed by atoms with Gasteiger partial charge in [0.2, 0.25) is 11.7 Å². The van der Waals surface area contributed by atoms with Crippen molar-refractivity contribution < 1.29 is 8.94 Å². The van der Waals surface area contributed by atoms with Crippen molar-refractivity contribution in [3.63, 3.8) is 0 Å². The summed E-state index contributed by atoms with van der Waals surface area (Å²) in [5, 5.41) is 4.18. The summed E-state index contributed by atoms with van der Waals surface area (Å²) < 4.78 is 12.6. The molecule has 1 saturated heterocycles. The van der Waals surface area contributed by atoms with Crippen LogP contribution in [0.4, 0.5) is 0 Å². The maximum Gasteiger partial charge on any atom is 0.419 e. The zero-order valence-corrected chi connectivity index (χ0v) is 19.1. The lowest BCUT2D eigenvalue weighted by Gasteiger charge is -2.36. The summed E-state index contributed by atoms with van der Waals surface area (Å²) in [5.41, 5.74) is 3.69. The van der Waals surface area contributed by atoms with E-state index in [1.54, 1.807) is 4.57 Å². The molecule has 2 aromatic heterocycles. The Morgan fingerprint density at radius 1 is 1.00 bits per heavy atom. The molecule has 0 saturated carbocycles. The van der Waals surface area contributed by atoms with Crippen LogP contribution in [-0.2, 0) is 6.54 Å². The average Bonchev–Trinajstić information content (AvgIpc) is 3.45. The van der Waals surface area contributed by atoms with Crippen molar-refractivity contribution in [3.05, 3.63) is 70.5 Å². The van der Waals surface area contributed by atoms with Crippen LogP contribution in [0.15, 0.2) is 62.3 Å². The number of aromatic nitrogens is 3. The molecular formula is C25H29N5O3. The number of nitrogens with zero attached hydrogens (tertiary/aromatic N) is 5. The lowest BCUT2D eigenvalue weighted by Crippen LogP contribution is -2.47. The van der Waals surface area contributed by atoms with Gasteiger partial charge in [0.15, 0.2) is 5.58 Å². The summed E-state index contributed by atoms with van der Waals surface area (Å²) in [5.74, 6) is 1.02. The quantitative estimate of drug-likeness (QED) is 0.427. The smallest absolute Gasteiger partial charge is 0.408 e. The van der Waals surface area contributed by atoms with E-state index in [0.29, 0.717) is 23.8 Å². The molecule has 33 heavy (non-hydrogen) atoms. The van der Waals surface area contributed by atoms with Crippen LogP contribution >= 0.6 is 0 Å². The highest BCUT2D eigenvalue weighted by atomic mass is 16.5. The van der Waals surface area contributed by atoms with Crippen molar-refractivity contribution in [2.24, 2.45) is 0 Å². The average molecular weight is 448 g/mol. The Balaban J connectivity index is 1.12. The highest BCUT2D eigenvalue weighted by Crippen LogP contribution is 2.24. The van der Waals surface area contributed by atoms with E-state index >= 15 is 0 Å². The summed E-state index contributed by atoms with van der Waals surface area (Å²) >= 11 is 0. The van der Waals surface area contributed by atoms with Gasteiger partial charge in [-0.2, -0.15) is 4.98 Å². The minimum absolute atomic E-state index is 0.0784. The Kier molecular flexibility index (Phi) is 6.11. The molecule has 1 atom stereocenters. The number of para-hydroxylation sites is 2. The number of hydrogen-bond acceptors (Lipinski definition) is 7. The van der Waals surface area contributed by atoms with Crippen molar-refractivity contribution in [2.45, 2.75) is 32.9 Å². The van der Waals surface area contributed by atoms with Crippen LogP contribution in [0.1, 0.15) is 30.8 Å². The van der Waals surface area contributed by atoms with Crippen molar-refractivity contribution in [3.8, 4) is 11.4 Å². The standard InChI is InChI=1S/C25H29N5O3/c1-18-8-10-20(11-9-18)23-26-24(33-27-23)19(2)29-16-14-28(15-17-29)12-5-13-30-21-6-3-4-7-22(21)32-25(30)31/h3-4,6-11,19H,5,12-17H2,1-2H3. The second-order valence-corrected chi connectivity index (χ2v) is 8.72. The predicted octanol–water partition coefficient (Wildman–Crippen LogP) is 3.72. The van der Waals surface area contributed by atoms with E-state index in [0.717, 1.165) is 50.2 Å². The Labute approximate surface area is 192 Å². The van der Waals surface area contributed by atoms with E-state index in [1.807, 2.05) is 36.4 Å². The number of hydrogen-bond donors (Lipinski definition) is 0. The first-order chi connectivity index (χ1) is 16.1. The number of fused-ring (bicyclic) bond motifs is 1. The highest BCUT2D eigenvalue weighted by molar-refractivity contribution is 5.72. The van der Waals surface area contributed by atoms with E-state index < -0.39 is 0 Å². The Bertz CT molecular complexity index is 1270. The molecule has 1 aliphatic rings. The van der Waals surface area contributed by atoms with E-state index in [9.17, 15) is 4.79 Å². The molecular weight excluding hydrogens is 418 g/mol. The number of benzene rings is 2. The monoisotopic (exact) mass is 447 g/mol. The van der Waals surface area contributed by atoms with Gasteiger partial charge in [0, 0.05) is 38.3 Å². The van der Waals surface area contributed by atoms with Crippen molar-refractivity contribution >= 4 is 11.1 Å². The molecule has 0 amide bonds. The highest BCUT2D eigenvalue weighted by Gasteiger charge is 2.26. The van der Waals surface area contributed by atoms with Gasteiger partial charge in [0.25, 0.3) is 0 Å². The summed E-state index contributed by atoms with van der Waals surface area (Å²) in [7, 11) is 0. The van der Waals surface area contributed by atoms with Gasteiger partial charge in [-0.05, 0) is 38.9 Å². The molecule has 0 bridgehead atoms. The SMILES string of the molecule is Cc1ccc(-c2noc(C(C)N3CCN(CCCn4c(=O)oc5ccccc54)CC3)n2)cc1. The molecule has 172 valence electrons. The second-order valence-electron chi connectivity index (χ2n) is 8.72. The minimum Gasteiger partial charge on any atom is -0.408 e. The van der Waals surface area contributed by atoms with Gasteiger partial charge < -0.3 is 13.8 Å². The normalized spacial score (nSPS) is 16.4. The molecule has 0 aliphatic carbocycles. The zero-order valence-electron chi connectivity index (χ0n) is 19.1. The lowest BCUT2D eigenvalue weighted by atomic mass is 10.1. The van der Waals surface area contributed by atoms with Crippen LogP contribution in [0.3, 0.4) is 0 Å². The summed E-state index contributed by atoms with van der Waals surface area (Å²) in [6.07, 6.45) is 0.905. The Morgan fingerprint density at radius 2 is 1.76 bits per heavy atom. The number of rotatable bonds is 7. The van der Waals surface area contributed by atoms with Gasteiger partial charge in [0.1, 0.15) is 0 Å². The summed E-state index contributed by atoms with van der Waals surface area (Å²) in [4.78, 5) is 21.6. The van der Waals surface area contributed by atoms with Gasteiger partial charge in [-0.15, -0.1) is 0 Å². The lowest BCUT2D eigenvalue weighted by molar-refractivity contribution is 0.0870. The van der Waals surface area contributed by atoms with Gasteiger partial charge in [-0.25, -0.2) is 4.79 Å². The molecule has 5 rings (SSSR count). The van der Waals surface area contributed by atoms with E-state index in [-0.39, 0.29) is 11.8 Å². The van der Waals surface area contributed by atoms with Crippen LogP contribution < -0.4 is 5.76 Å². The van der Waals surface area contributed by atoms with E-state index in [4.69, 9.17) is 8.94 Å². The third kappa shape index (κ3) is 4.62. The molecule has 8 heteroatoms. The molecule has 3 heterocycles. The molecule has 4 aromatic rings. The number of piperazine rings is 1. The fourth-order valence-corrected chi connectivity index (χ4v) is 4.43. The fourth-order valence-electron chi connectivity index (χ4n) is 4.43. The molecule has 8 nitrogen and oxygen atoms in total. The van der Waals surface area contributed by atoms with Gasteiger partial charge >= 0.3 is 5.76 Å². The van der Waals surface area contributed by atoms with E-state index in [1.165, 1.54) is 5.56 Å². The molecule has 1 fully saturated rings. The van der Waals surface area contributed by atoms with Crippen LogP contribution in [-0.4, -0.2) is 57.2 Å². The maximum atomic E-state index is 12.1. The van der Waals surface area contributed by atoms with E-state index in [2.05, 4.69) is 45.9 Å². The molecule has 1 unspecified atom stereocenters. The maximum absolute atomic E-state index is 12.1. The first-order valence-corrected chi connectivity index (χ1v) is 11.5. The first kappa shape index (κ1) is 21.6. The topological polar surface area (TPSA) is 80.5 Å².